The van der Waals surface area contributed by atoms with E-state index in [1.807, 2.05) is 18.4 Å². The van der Waals surface area contributed by atoms with Crippen LogP contribution in [0.25, 0.3) is 0 Å². The Labute approximate surface area is 184 Å². The molecular weight excluding hydrogens is 416 g/mol. The number of nitrogens with zero attached hydrogens (tertiary/aromatic N) is 4. The Morgan fingerprint density at radius 3 is 2.52 bits per heavy atom. The fraction of sp³-hybridized carbons (Fsp3) is 0.476. The van der Waals surface area contributed by atoms with Crippen LogP contribution in [-0.2, 0) is 16.1 Å². The average molecular weight is 443 g/mol. The van der Waals surface area contributed by atoms with E-state index in [2.05, 4.69) is 30.4 Å². The highest BCUT2D eigenvalue weighted by atomic mass is 32.1. The monoisotopic (exact) mass is 442 g/mol. The van der Waals surface area contributed by atoms with E-state index in [-0.39, 0.29) is 17.6 Å². The topological polar surface area (TPSA) is 108 Å². The van der Waals surface area contributed by atoms with Gasteiger partial charge in [0.05, 0.1) is 17.1 Å². The van der Waals surface area contributed by atoms with Gasteiger partial charge in [-0.1, -0.05) is 0 Å². The zero-order valence-electron chi connectivity index (χ0n) is 17.7. The summed E-state index contributed by atoms with van der Waals surface area (Å²) in [6.07, 6.45) is 1.63. The first kappa shape index (κ1) is 21.4. The Hall–Kier alpha value is -2.85. The molecule has 2 amide bonds. The van der Waals surface area contributed by atoms with Gasteiger partial charge in [0.1, 0.15) is 5.69 Å². The summed E-state index contributed by atoms with van der Waals surface area (Å²) in [5.74, 6) is -1.16. The van der Waals surface area contributed by atoms with Crippen molar-refractivity contribution in [2.24, 2.45) is 5.92 Å². The van der Waals surface area contributed by atoms with Gasteiger partial charge in [0.2, 0.25) is 5.78 Å². The van der Waals surface area contributed by atoms with E-state index in [0.29, 0.717) is 17.4 Å². The quantitative estimate of drug-likeness (QED) is 0.625. The number of Topliss-reactive ketones (excluding diaryl/α,β-unsaturated/α-hetero) is 1. The normalized spacial score (nSPS) is 16.8. The second-order valence-corrected chi connectivity index (χ2v) is 8.74. The molecule has 0 spiro atoms. The summed E-state index contributed by atoms with van der Waals surface area (Å²) in [7, 11) is 1.60. The number of aryl methyl sites for hydroxylation is 1. The second kappa shape index (κ2) is 9.11. The number of pyridine rings is 1. The molecule has 0 aromatic carbocycles. The number of carbonyl (C=O) groups excluding carboxylic acids is 3. The number of rotatable bonds is 7. The van der Waals surface area contributed by atoms with Crippen molar-refractivity contribution in [3.8, 4) is 0 Å². The average Bonchev–Trinajstić information content (AvgIpc) is 3.54. The number of thiazole rings is 1. The molecule has 1 saturated carbocycles. The van der Waals surface area contributed by atoms with Crippen molar-refractivity contribution < 1.29 is 14.4 Å². The van der Waals surface area contributed by atoms with Crippen LogP contribution in [0.2, 0.25) is 0 Å². The molecule has 31 heavy (non-hydrogen) atoms. The minimum absolute atomic E-state index is 0.0884. The summed E-state index contributed by atoms with van der Waals surface area (Å²) in [5.41, 5.74) is 3.20. The fourth-order valence-electron chi connectivity index (χ4n) is 3.65. The molecule has 1 saturated heterocycles. The van der Waals surface area contributed by atoms with Crippen LogP contribution in [0.5, 0.6) is 0 Å². The largest absolute Gasteiger partial charge is 0.368 e. The number of amides is 2. The van der Waals surface area contributed by atoms with Crippen molar-refractivity contribution in [3.63, 3.8) is 0 Å². The van der Waals surface area contributed by atoms with Crippen LogP contribution < -0.4 is 15.5 Å². The predicted octanol–water partition coefficient (Wildman–Crippen LogP) is 1.45. The van der Waals surface area contributed by atoms with Crippen LogP contribution in [0.1, 0.15) is 34.7 Å². The van der Waals surface area contributed by atoms with Crippen molar-refractivity contribution in [1.82, 2.24) is 20.2 Å². The molecule has 1 aliphatic carbocycles. The molecule has 10 heteroatoms. The van der Waals surface area contributed by atoms with Gasteiger partial charge in [-0.2, -0.15) is 0 Å². The van der Waals surface area contributed by atoms with E-state index < -0.39 is 5.91 Å². The maximum atomic E-state index is 11.9. The van der Waals surface area contributed by atoms with E-state index in [9.17, 15) is 14.4 Å². The highest BCUT2D eigenvalue weighted by Crippen LogP contribution is 2.30. The molecule has 0 bridgehead atoms. The summed E-state index contributed by atoms with van der Waals surface area (Å²) in [5, 5.41) is 7.63. The van der Waals surface area contributed by atoms with Gasteiger partial charge in [0, 0.05) is 51.1 Å². The molecule has 0 atom stereocenters. The number of piperazine rings is 1. The Kier molecular flexibility index (Phi) is 6.28. The van der Waals surface area contributed by atoms with Crippen molar-refractivity contribution in [1.29, 1.82) is 0 Å². The van der Waals surface area contributed by atoms with E-state index in [1.54, 1.807) is 13.1 Å². The highest BCUT2D eigenvalue weighted by molar-refractivity contribution is 7.14. The first-order valence-electron chi connectivity index (χ1n) is 10.4. The summed E-state index contributed by atoms with van der Waals surface area (Å²) in [6, 6.07) is 3.72. The van der Waals surface area contributed by atoms with Crippen molar-refractivity contribution in [3.05, 3.63) is 34.6 Å². The number of anilines is 2. The van der Waals surface area contributed by atoms with Gasteiger partial charge in [0.15, 0.2) is 5.13 Å². The number of ketones is 1. The van der Waals surface area contributed by atoms with Gasteiger partial charge in [-0.25, -0.2) is 9.97 Å². The van der Waals surface area contributed by atoms with Crippen LogP contribution >= 0.6 is 11.3 Å². The fourth-order valence-corrected chi connectivity index (χ4v) is 4.34. The third-order valence-electron chi connectivity index (χ3n) is 5.56. The van der Waals surface area contributed by atoms with Crippen molar-refractivity contribution in [2.45, 2.75) is 26.3 Å². The van der Waals surface area contributed by atoms with Crippen molar-refractivity contribution in [2.75, 3.05) is 43.4 Å². The molecule has 2 fully saturated rings. The molecule has 2 aromatic heterocycles. The molecule has 9 nitrogen and oxygen atoms in total. The molecule has 164 valence electrons. The van der Waals surface area contributed by atoms with Gasteiger partial charge in [-0.05, 0) is 31.9 Å². The molecule has 2 aliphatic rings. The van der Waals surface area contributed by atoms with Gasteiger partial charge in [-0.3, -0.25) is 24.6 Å². The lowest BCUT2D eigenvalue weighted by Crippen LogP contribution is -2.46. The second-order valence-electron chi connectivity index (χ2n) is 7.88. The molecule has 4 rings (SSSR count). The Morgan fingerprint density at radius 1 is 1.13 bits per heavy atom. The first-order chi connectivity index (χ1) is 14.9. The summed E-state index contributed by atoms with van der Waals surface area (Å²) >= 11 is 1.35. The minimum Gasteiger partial charge on any atom is -0.368 e. The lowest BCUT2D eigenvalue weighted by molar-refractivity contribution is -0.135. The Bertz CT molecular complexity index is 995. The van der Waals surface area contributed by atoms with Crippen molar-refractivity contribution >= 4 is 39.8 Å². The number of aromatic nitrogens is 2. The van der Waals surface area contributed by atoms with Crippen LogP contribution in [0, 0.1) is 12.8 Å². The van der Waals surface area contributed by atoms with Crippen LogP contribution in [0.15, 0.2) is 17.5 Å². The number of hydrogen-bond acceptors (Lipinski definition) is 8. The van der Waals surface area contributed by atoms with E-state index in [0.717, 1.165) is 56.1 Å². The predicted molar refractivity (Wildman–Crippen MR) is 118 cm³/mol. The number of carbonyl (C=O) groups is 3. The molecular formula is C21H26N6O3S. The highest BCUT2D eigenvalue weighted by Gasteiger charge is 2.34. The summed E-state index contributed by atoms with van der Waals surface area (Å²) < 4.78 is 0. The molecule has 0 radical (unpaired) electrons. The summed E-state index contributed by atoms with van der Waals surface area (Å²) in [4.78, 5) is 49.0. The number of hydrogen-bond donors (Lipinski definition) is 2. The lowest BCUT2D eigenvalue weighted by atomic mass is 10.2. The van der Waals surface area contributed by atoms with E-state index in [4.69, 9.17) is 0 Å². The Morgan fingerprint density at radius 2 is 1.87 bits per heavy atom. The lowest BCUT2D eigenvalue weighted by Gasteiger charge is -2.36. The smallest absolute Gasteiger partial charge is 0.293 e. The van der Waals surface area contributed by atoms with Gasteiger partial charge in [0.25, 0.3) is 11.8 Å². The molecule has 1 aliphatic heterocycles. The standard InChI is InChI=1S/C21H26N6O3S/c1-13-17(6-5-16(23-13)19(29)22-2)27-9-7-26(8-10-27)11-15-12-31-21(24-15)25-20(30)18(28)14-3-4-14/h5-6,12,14H,3-4,7-11H2,1-2H3,(H,22,29)(H,24,25,30). The van der Waals surface area contributed by atoms with E-state index >= 15 is 0 Å². The van der Waals surface area contributed by atoms with Crippen LogP contribution in [0.3, 0.4) is 0 Å². The zero-order chi connectivity index (χ0) is 22.0. The molecule has 3 heterocycles. The third kappa shape index (κ3) is 5.08. The Balaban J connectivity index is 1.29. The molecule has 0 unspecified atom stereocenters. The van der Waals surface area contributed by atoms with Crippen LogP contribution in [-0.4, -0.2) is 65.7 Å². The maximum absolute atomic E-state index is 11.9. The number of nitrogens with one attached hydrogen (secondary N) is 2. The molecule has 2 aromatic rings. The maximum Gasteiger partial charge on any atom is 0.293 e. The van der Waals surface area contributed by atoms with Gasteiger partial charge < -0.3 is 10.2 Å². The SMILES string of the molecule is CNC(=O)c1ccc(N2CCN(Cc3csc(NC(=O)C(=O)C4CC4)n3)CC2)c(C)n1. The van der Waals surface area contributed by atoms with Gasteiger partial charge >= 0.3 is 0 Å². The van der Waals surface area contributed by atoms with Gasteiger partial charge in [-0.15, -0.1) is 11.3 Å². The van der Waals surface area contributed by atoms with Crippen LogP contribution in [0.4, 0.5) is 10.8 Å². The molecule has 2 N–H and O–H groups in total. The summed E-state index contributed by atoms with van der Waals surface area (Å²) in [6.45, 7) is 6.07. The zero-order valence-corrected chi connectivity index (χ0v) is 18.5. The minimum atomic E-state index is -0.552. The third-order valence-corrected chi connectivity index (χ3v) is 6.37. The first-order valence-corrected chi connectivity index (χ1v) is 11.3. The van der Waals surface area contributed by atoms with E-state index in [1.165, 1.54) is 11.3 Å².